The van der Waals surface area contributed by atoms with Gasteiger partial charge in [-0.1, -0.05) is 76.3 Å². The highest BCUT2D eigenvalue weighted by Gasteiger charge is 2.16. The normalized spacial score (nSPS) is 12.2. The molecule has 4 aromatic carbocycles. The minimum absolute atomic E-state index is 0.0805. The van der Waals surface area contributed by atoms with E-state index in [9.17, 15) is 15.3 Å². The van der Waals surface area contributed by atoms with Crippen LogP contribution in [0.1, 0.15) is 37.2 Å². The van der Waals surface area contributed by atoms with Crippen molar-refractivity contribution in [3.05, 3.63) is 155 Å². The molecular weight excluding hydrogens is 959 g/mol. The number of rotatable bonds is 18. The molecule has 8 rings (SSSR count). The summed E-state index contributed by atoms with van der Waals surface area (Å²) in [7, 11) is 7.26. The van der Waals surface area contributed by atoms with E-state index in [2.05, 4.69) is 94.9 Å². The Labute approximate surface area is 416 Å². The van der Waals surface area contributed by atoms with Crippen molar-refractivity contribution in [1.82, 2.24) is 24.7 Å². The van der Waals surface area contributed by atoms with Gasteiger partial charge in [0.1, 0.15) is 30.3 Å². The number of azo groups is 1. The molecule has 360 valence electrons. The minimum Gasteiger partial charge on any atom is -0.506 e. The first-order chi connectivity index (χ1) is 33.5. The van der Waals surface area contributed by atoms with Crippen molar-refractivity contribution < 1.29 is 34.4 Å². The van der Waals surface area contributed by atoms with Crippen LogP contribution in [0.3, 0.4) is 0 Å². The number of likely N-dealkylation sites (N-methyl/N-ethyl adjacent to an activating group) is 1. The fraction of sp³-hybridized carbons (Fsp3) is 0.269. The van der Waals surface area contributed by atoms with Gasteiger partial charge in [-0.25, -0.2) is 4.98 Å². The lowest BCUT2D eigenvalue weighted by atomic mass is 10.00. The van der Waals surface area contributed by atoms with E-state index in [0.29, 0.717) is 41.4 Å². The van der Waals surface area contributed by atoms with E-state index in [1.165, 1.54) is 24.7 Å². The van der Waals surface area contributed by atoms with Crippen LogP contribution in [0.2, 0.25) is 0 Å². The number of nitrogens with zero attached hydrogens (tertiary/aromatic N) is 8. The number of ether oxygens (including phenoxy) is 3. The third kappa shape index (κ3) is 14.8. The smallest absolute Gasteiger partial charge is 0.191 e. The van der Waals surface area contributed by atoms with Crippen molar-refractivity contribution in [3.63, 3.8) is 0 Å². The SMILES string of the molecule is CCN(CC)c1ccc(N=Nc2cc(Br)ccn2)c(O)c1.COc1ccc(Cc2cncc3c(O)c(OC)ccc23)cc1O.Cn1c(C[NH+](C)CC2=CCC=C2)nnc1SCCOc1ccccc1. The predicted octanol–water partition coefficient (Wildman–Crippen LogP) is 9.95. The third-order valence-electron chi connectivity index (χ3n) is 10.9. The summed E-state index contributed by atoms with van der Waals surface area (Å²) in [5, 5.41) is 49.4. The zero-order valence-corrected chi connectivity index (χ0v) is 42.1. The van der Waals surface area contributed by atoms with Gasteiger partial charge in [0.05, 0.1) is 27.9 Å². The number of aromatic hydroxyl groups is 3. The first-order valence-corrected chi connectivity index (χ1v) is 24.2. The molecule has 4 N–H and O–H groups in total. The first kappa shape index (κ1) is 51.4. The van der Waals surface area contributed by atoms with E-state index >= 15 is 0 Å². The van der Waals surface area contributed by atoms with Gasteiger partial charge in [0.25, 0.3) is 0 Å². The second-order valence-corrected chi connectivity index (χ2v) is 17.7. The summed E-state index contributed by atoms with van der Waals surface area (Å²) >= 11 is 5.03. The molecule has 17 heteroatoms. The molecule has 0 aliphatic heterocycles. The van der Waals surface area contributed by atoms with E-state index in [-0.39, 0.29) is 17.2 Å². The highest BCUT2D eigenvalue weighted by atomic mass is 79.9. The molecule has 3 aromatic heterocycles. The Bertz CT molecular complexity index is 2860. The van der Waals surface area contributed by atoms with Crippen LogP contribution in [0.5, 0.6) is 34.5 Å². The molecule has 69 heavy (non-hydrogen) atoms. The molecule has 0 bridgehead atoms. The van der Waals surface area contributed by atoms with Crippen molar-refractivity contribution in [2.75, 3.05) is 58.2 Å². The average Bonchev–Trinajstić information content (AvgIpc) is 4.00. The Kier molecular flexibility index (Phi) is 19.4. The standard InChI is InChI=1S/C19H24N4OS.C18H17NO4.C15H17BrN4O/c1-22(14-16-8-6-7-9-16)15-18-20-21-19(23(18)2)25-13-12-24-17-10-4-3-5-11-17;1-22-16-5-3-11(8-15(16)20)7-12-9-19-10-14-13(12)4-6-17(23-2)18(14)21;1-3-20(4-2)12-5-6-13(14(21)10-12)18-19-15-9-11(16)7-8-17-15/h3-6,8-11H,7,12-15H2,1-2H3;3-6,8-10,20-21H,7H2,1-2H3;5-10,21H,3-4H2,1-2H3/p+1. The third-order valence-corrected chi connectivity index (χ3v) is 12.4. The number of quaternary nitrogens is 1. The largest absolute Gasteiger partial charge is 0.506 e. The van der Waals surface area contributed by atoms with Crippen LogP contribution < -0.4 is 24.0 Å². The van der Waals surface area contributed by atoms with Gasteiger partial charge >= 0.3 is 0 Å². The summed E-state index contributed by atoms with van der Waals surface area (Å²) in [5.41, 5.74) is 4.68. The van der Waals surface area contributed by atoms with Gasteiger partial charge < -0.3 is 43.9 Å². The number of fused-ring (bicyclic) bond motifs is 1. The molecule has 0 radical (unpaired) electrons. The summed E-state index contributed by atoms with van der Waals surface area (Å²) in [4.78, 5) is 11.8. The van der Waals surface area contributed by atoms with Crippen LogP contribution in [0.4, 0.5) is 17.2 Å². The number of hydrogen-bond acceptors (Lipinski definition) is 14. The molecule has 1 aliphatic rings. The van der Waals surface area contributed by atoms with Crippen LogP contribution in [0, 0.1) is 0 Å². The Hall–Kier alpha value is -6.95. The lowest BCUT2D eigenvalue weighted by Crippen LogP contribution is -3.07. The number of pyridine rings is 2. The molecule has 0 fully saturated rings. The van der Waals surface area contributed by atoms with Crippen LogP contribution in [0.25, 0.3) is 10.8 Å². The Balaban J connectivity index is 0.000000171. The van der Waals surface area contributed by atoms with Crippen LogP contribution in [-0.4, -0.2) is 93.3 Å². The number of hydrogen-bond donors (Lipinski definition) is 4. The van der Waals surface area contributed by atoms with Crippen molar-refractivity contribution in [3.8, 4) is 34.5 Å². The number of allylic oxidation sites excluding steroid dienone is 2. The summed E-state index contributed by atoms with van der Waals surface area (Å²) in [6.45, 7) is 8.48. The number of benzene rings is 4. The number of halogens is 1. The lowest BCUT2D eigenvalue weighted by molar-refractivity contribution is -0.889. The molecule has 15 nitrogen and oxygen atoms in total. The Morgan fingerprint density at radius 2 is 1.62 bits per heavy atom. The second kappa shape index (κ2) is 26.0. The van der Waals surface area contributed by atoms with Crippen molar-refractivity contribution >= 4 is 55.7 Å². The molecule has 0 saturated carbocycles. The number of thioether (sulfide) groups is 1. The van der Waals surface area contributed by atoms with Gasteiger partial charge in [-0.15, -0.1) is 20.4 Å². The monoisotopic (exact) mass is 1020 g/mol. The molecule has 1 aliphatic carbocycles. The Morgan fingerprint density at radius 3 is 2.32 bits per heavy atom. The van der Waals surface area contributed by atoms with Gasteiger partial charge in [-0.05, 0) is 97.8 Å². The van der Waals surface area contributed by atoms with Crippen molar-refractivity contribution in [2.45, 2.75) is 38.4 Å². The van der Waals surface area contributed by atoms with Crippen LogP contribution >= 0.6 is 27.7 Å². The lowest BCUT2D eigenvalue weighted by Gasteiger charge is -2.21. The molecular formula is C52H59BrN9O6S+. The maximum absolute atomic E-state index is 10.2. The maximum atomic E-state index is 10.2. The predicted molar refractivity (Wildman–Crippen MR) is 276 cm³/mol. The van der Waals surface area contributed by atoms with E-state index < -0.39 is 0 Å². The van der Waals surface area contributed by atoms with Crippen LogP contribution in [-0.2, 0) is 20.0 Å². The summed E-state index contributed by atoms with van der Waals surface area (Å²) in [6, 6.07) is 27.8. The number of nitrogens with one attached hydrogen (secondary N) is 1. The molecule has 0 amide bonds. The number of aromatic nitrogens is 5. The molecule has 3 heterocycles. The van der Waals surface area contributed by atoms with Gasteiger partial charge in [-0.3, -0.25) is 4.98 Å². The number of para-hydroxylation sites is 1. The summed E-state index contributed by atoms with van der Waals surface area (Å²) in [5.74, 6) is 4.40. The van der Waals surface area contributed by atoms with Gasteiger partial charge in [-0.2, -0.15) is 0 Å². The van der Waals surface area contributed by atoms with E-state index in [1.54, 1.807) is 66.8 Å². The number of methoxy groups -OCH3 is 2. The van der Waals surface area contributed by atoms with Gasteiger partial charge in [0.15, 0.2) is 39.8 Å². The average molecular weight is 1020 g/mol. The molecule has 0 spiro atoms. The van der Waals surface area contributed by atoms with Crippen LogP contribution in [0.15, 0.2) is 153 Å². The number of anilines is 1. The van der Waals surface area contributed by atoms with Crippen molar-refractivity contribution in [1.29, 1.82) is 0 Å². The molecule has 0 saturated heterocycles. The van der Waals surface area contributed by atoms with Gasteiger partial charge in [0, 0.05) is 71.7 Å². The maximum Gasteiger partial charge on any atom is 0.191 e. The topological polar surface area (TPSA) is 177 Å². The highest BCUT2D eigenvalue weighted by molar-refractivity contribution is 9.10. The zero-order valence-electron chi connectivity index (χ0n) is 39.7. The van der Waals surface area contributed by atoms with E-state index in [1.807, 2.05) is 61.6 Å². The number of phenolic OH excluding ortho intramolecular Hbond substituents is 3. The van der Waals surface area contributed by atoms with Crippen molar-refractivity contribution in [2.24, 2.45) is 17.3 Å². The quantitative estimate of drug-likeness (QED) is 0.0364. The second-order valence-electron chi connectivity index (χ2n) is 15.8. The zero-order chi connectivity index (χ0) is 49.1. The molecule has 7 aromatic rings. The highest BCUT2D eigenvalue weighted by Crippen LogP contribution is 2.36. The first-order valence-electron chi connectivity index (χ1n) is 22.5. The Morgan fingerprint density at radius 1 is 0.841 bits per heavy atom. The summed E-state index contributed by atoms with van der Waals surface area (Å²) < 4.78 is 18.9. The minimum atomic E-state index is 0.0805. The molecule has 1 atom stereocenters. The van der Waals surface area contributed by atoms with E-state index in [0.717, 1.165) is 81.8 Å². The number of phenols is 3. The fourth-order valence-electron chi connectivity index (χ4n) is 7.33. The van der Waals surface area contributed by atoms with E-state index in [4.69, 9.17) is 14.2 Å². The fourth-order valence-corrected chi connectivity index (χ4v) is 8.40. The molecule has 1 unspecified atom stereocenters. The summed E-state index contributed by atoms with van der Waals surface area (Å²) in [6.07, 6.45) is 13.4. The van der Waals surface area contributed by atoms with Gasteiger partial charge in [0.2, 0.25) is 0 Å².